The van der Waals surface area contributed by atoms with Crippen molar-refractivity contribution in [2.75, 3.05) is 7.11 Å². The minimum absolute atomic E-state index is 0.0175. The van der Waals surface area contributed by atoms with Gasteiger partial charge in [-0.15, -0.1) is 0 Å². The quantitative estimate of drug-likeness (QED) is 0.149. The first-order valence-electron chi connectivity index (χ1n) is 16.2. The Labute approximate surface area is 294 Å². The van der Waals surface area contributed by atoms with E-state index in [1.54, 1.807) is 0 Å². The van der Waals surface area contributed by atoms with Gasteiger partial charge in [-0.2, -0.15) is 49.7 Å². The zero-order valence-corrected chi connectivity index (χ0v) is 28.0. The third-order valence-electron chi connectivity index (χ3n) is 10.7. The van der Waals surface area contributed by atoms with Crippen molar-refractivity contribution in [3.05, 3.63) is 29.3 Å². The predicted molar refractivity (Wildman–Crippen MR) is 162 cm³/mol. The van der Waals surface area contributed by atoms with Crippen LogP contribution in [0.15, 0.2) is 28.4 Å². The Balaban J connectivity index is 1.53. The lowest BCUT2D eigenvalue weighted by molar-refractivity contribution is -0.384. The largest absolute Gasteiger partial charge is 0.496 e. The molecule has 5 rings (SSSR count). The zero-order chi connectivity index (χ0) is 39.8. The van der Waals surface area contributed by atoms with Gasteiger partial charge in [-0.25, -0.2) is 0 Å². The van der Waals surface area contributed by atoms with Gasteiger partial charge in [0.25, 0.3) is 0 Å². The lowest BCUT2D eigenvalue weighted by Gasteiger charge is -2.56. The molecule has 3 fully saturated rings. The van der Waals surface area contributed by atoms with Crippen LogP contribution in [0.25, 0.3) is 0 Å². The molecule has 0 aromatic heterocycles. The smallest absolute Gasteiger partial charge is 0.460 e. The average Bonchev–Trinajstić information content (AvgIpc) is 3.06. The van der Waals surface area contributed by atoms with Gasteiger partial charge < -0.3 is 40.4 Å². The standard InChI is InChI=1S/C32H36F9N3O9/c1-11-23(45)15(42)7-18(52-11)53-17-9-28(50,12(2)44-43-10-29(33,34)30(35,36)31(37,38)32(39,40)41)8-14-20(17)27(49)22-21(25(14)47)24(46)13-5-4-6-16(51-3)19(13)26(22)48/h4-6,10-11,14-15,17-18,20-23,25,27,45,47,49-50H,7-9,42H2,1-3H3/b43-10-,44-12-/t11-,14-,15-,17+,18+,20-,21+,22+,23+,25-,27+,28-/m0/s1. The highest BCUT2D eigenvalue weighted by molar-refractivity contribution is 6.18. The molecule has 0 bridgehead atoms. The van der Waals surface area contributed by atoms with Gasteiger partial charge in [-0.1, -0.05) is 12.1 Å². The van der Waals surface area contributed by atoms with Gasteiger partial charge in [0.05, 0.1) is 60.7 Å². The highest BCUT2D eigenvalue weighted by Crippen LogP contribution is 2.55. The van der Waals surface area contributed by atoms with Crippen LogP contribution in [0.5, 0.6) is 5.75 Å². The van der Waals surface area contributed by atoms with E-state index in [9.17, 15) is 69.5 Å². The van der Waals surface area contributed by atoms with Gasteiger partial charge in [0, 0.05) is 30.4 Å². The number of benzene rings is 1. The van der Waals surface area contributed by atoms with E-state index in [1.807, 2.05) is 0 Å². The Hall–Kier alpha value is -3.21. The molecule has 296 valence electrons. The fraction of sp³-hybridized carbons (Fsp3) is 0.688. The molecular weight excluding hydrogens is 741 g/mol. The normalized spacial score (nSPS) is 37.3. The highest BCUT2D eigenvalue weighted by atomic mass is 19.4. The summed E-state index contributed by atoms with van der Waals surface area (Å²) in [5.41, 5.74) is 2.59. The van der Waals surface area contributed by atoms with Crippen LogP contribution in [-0.2, 0) is 9.47 Å². The minimum atomic E-state index is -7.19. The van der Waals surface area contributed by atoms with Crippen LogP contribution in [0.2, 0.25) is 0 Å². The summed E-state index contributed by atoms with van der Waals surface area (Å²) in [6, 6.07) is 3.23. The van der Waals surface area contributed by atoms with E-state index in [4.69, 9.17) is 19.9 Å². The Morgan fingerprint density at radius 1 is 0.962 bits per heavy atom. The Kier molecular flexibility index (Phi) is 10.7. The van der Waals surface area contributed by atoms with Crippen LogP contribution in [0.4, 0.5) is 39.5 Å². The first-order chi connectivity index (χ1) is 24.3. The lowest BCUT2D eigenvalue weighted by atomic mass is 9.52. The molecular formula is C32H36F9N3O9. The molecule has 1 aromatic rings. The van der Waals surface area contributed by atoms with E-state index in [-0.39, 0.29) is 23.3 Å². The van der Waals surface area contributed by atoms with Crippen molar-refractivity contribution in [1.82, 2.24) is 0 Å². The number of Topliss-reactive ketones (excluding diaryl/α,β-unsaturated/α-hetero) is 2. The number of ether oxygens (including phenoxy) is 3. The van der Waals surface area contributed by atoms with Crippen LogP contribution in [-0.4, -0.2) is 123 Å². The van der Waals surface area contributed by atoms with Crippen molar-refractivity contribution in [2.45, 2.75) is 106 Å². The van der Waals surface area contributed by atoms with E-state index in [1.165, 1.54) is 32.2 Å². The molecule has 3 aliphatic carbocycles. The predicted octanol–water partition coefficient (Wildman–Crippen LogP) is 2.92. The molecule has 2 saturated carbocycles. The second-order valence-corrected chi connectivity index (χ2v) is 13.9. The van der Waals surface area contributed by atoms with Crippen LogP contribution < -0.4 is 10.5 Å². The first-order valence-corrected chi connectivity index (χ1v) is 16.2. The average molecular weight is 778 g/mol. The van der Waals surface area contributed by atoms with Gasteiger partial charge in [-0.05, 0) is 32.3 Å². The Morgan fingerprint density at radius 2 is 1.58 bits per heavy atom. The van der Waals surface area contributed by atoms with Crippen molar-refractivity contribution < 1.29 is 83.7 Å². The Morgan fingerprint density at radius 3 is 2.17 bits per heavy atom. The first kappa shape index (κ1) is 41.0. The molecule has 1 aliphatic heterocycles. The van der Waals surface area contributed by atoms with Crippen molar-refractivity contribution in [2.24, 2.45) is 39.6 Å². The number of nitrogens with two attached hydrogens (primary N) is 1. The number of fused-ring (bicyclic) bond motifs is 3. The minimum Gasteiger partial charge on any atom is -0.496 e. The number of halogens is 9. The van der Waals surface area contributed by atoms with Gasteiger partial charge >= 0.3 is 23.9 Å². The number of aliphatic hydroxyl groups excluding tert-OH is 3. The van der Waals surface area contributed by atoms with Gasteiger partial charge in [0.15, 0.2) is 17.9 Å². The summed E-state index contributed by atoms with van der Waals surface area (Å²) in [6.45, 7) is 2.37. The van der Waals surface area contributed by atoms with E-state index in [0.717, 1.165) is 6.92 Å². The molecule has 1 aromatic carbocycles. The third-order valence-corrected chi connectivity index (χ3v) is 10.7. The summed E-state index contributed by atoms with van der Waals surface area (Å²) < 4.78 is 137. The van der Waals surface area contributed by atoms with Crippen molar-refractivity contribution in [3.8, 4) is 5.75 Å². The molecule has 0 unspecified atom stereocenters. The van der Waals surface area contributed by atoms with Gasteiger partial charge in [0.2, 0.25) is 0 Å². The van der Waals surface area contributed by atoms with Crippen LogP contribution in [0, 0.1) is 23.7 Å². The second kappa shape index (κ2) is 13.8. The summed E-state index contributed by atoms with van der Waals surface area (Å²) in [5, 5.41) is 51.5. The van der Waals surface area contributed by atoms with E-state index < -0.39 is 132 Å². The fourth-order valence-electron chi connectivity index (χ4n) is 7.80. The molecule has 53 heavy (non-hydrogen) atoms. The number of aliphatic hydroxyl groups is 4. The Bertz CT molecular complexity index is 1650. The molecule has 12 atom stereocenters. The number of hydrogen-bond donors (Lipinski definition) is 5. The molecule has 4 aliphatic rings. The van der Waals surface area contributed by atoms with E-state index >= 15 is 0 Å². The summed E-state index contributed by atoms with van der Waals surface area (Å²) in [4.78, 5) is 27.7. The molecule has 0 radical (unpaired) electrons. The van der Waals surface area contributed by atoms with Crippen molar-refractivity contribution >= 4 is 23.5 Å². The van der Waals surface area contributed by atoms with Gasteiger partial charge in [-0.3, -0.25) is 9.59 Å². The zero-order valence-electron chi connectivity index (χ0n) is 28.0. The molecule has 0 spiro atoms. The number of alkyl halides is 9. The number of ketones is 2. The van der Waals surface area contributed by atoms with E-state index in [2.05, 4.69) is 10.2 Å². The van der Waals surface area contributed by atoms with Gasteiger partial charge in [0.1, 0.15) is 17.6 Å². The van der Waals surface area contributed by atoms with Crippen molar-refractivity contribution in [3.63, 3.8) is 0 Å². The highest BCUT2D eigenvalue weighted by Gasteiger charge is 2.81. The number of methoxy groups -OCH3 is 1. The monoisotopic (exact) mass is 777 g/mol. The van der Waals surface area contributed by atoms with Crippen molar-refractivity contribution in [1.29, 1.82) is 0 Å². The molecule has 21 heteroatoms. The number of hydrogen-bond acceptors (Lipinski definition) is 12. The molecule has 1 heterocycles. The summed E-state index contributed by atoms with van der Waals surface area (Å²) in [6.07, 6.45) is -18.2. The summed E-state index contributed by atoms with van der Waals surface area (Å²) in [5.74, 6) is -27.7. The fourth-order valence-corrected chi connectivity index (χ4v) is 7.80. The number of carbonyl (C=O) groups is 2. The number of carbonyl (C=O) groups excluding carboxylic acids is 2. The number of rotatable bonds is 8. The number of nitrogens with zero attached hydrogens (tertiary/aromatic N) is 2. The maximum Gasteiger partial charge on any atom is 0.460 e. The topological polar surface area (TPSA) is 193 Å². The van der Waals surface area contributed by atoms with Crippen LogP contribution in [0.1, 0.15) is 53.8 Å². The summed E-state index contributed by atoms with van der Waals surface area (Å²) in [7, 11) is 1.25. The molecule has 12 nitrogen and oxygen atoms in total. The SMILES string of the molecule is COc1cccc2c1C(=O)[C@@H]1[C@H](O)[C@H]3[C@H](C[C@@](O)(/C(C)=N\N=C/C(F)(F)C(F)(F)C(F)(F)C(F)(F)F)C[C@H]3O[C@@H]3C[C@H](N)[C@H](O)[C@H](C)O3)[C@H](O)[C@H]1C2=O. The maximum absolute atomic E-state index is 14.1. The third kappa shape index (κ3) is 6.64. The summed E-state index contributed by atoms with van der Waals surface area (Å²) >= 11 is 0. The molecule has 1 saturated heterocycles. The molecule has 0 amide bonds. The lowest BCUT2D eigenvalue weighted by Crippen LogP contribution is -2.66. The second-order valence-electron chi connectivity index (χ2n) is 13.9. The molecule has 6 N–H and O–H groups in total. The van der Waals surface area contributed by atoms with E-state index in [0.29, 0.717) is 0 Å². The van der Waals surface area contributed by atoms with Crippen LogP contribution in [0.3, 0.4) is 0 Å². The maximum atomic E-state index is 14.1. The van der Waals surface area contributed by atoms with Crippen LogP contribution >= 0.6 is 0 Å².